The molecule has 6 heteroatoms. The standard InChI is InChI=1S/C44H44N2O4/c1-6-15-33(30-45)18-13-14-21-39(28-41(47)38-19-11-10-12-20-38)43(49)32(5)22-25-35(9-4)44(50)40(36-26-23-34(31-46)24-27-36)29-42(48)37(16-7-2)17-8-3/h6-17,19-20,22-27,32,39-40H,1-2,18,21,28-29H2,3-5H3/b14-13-,17-8-,25-22-,33-15+,35-9+,37-16+. The van der Waals surface area contributed by atoms with E-state index in [1.807, 2.05) is 12.1 Å². The molecule has 0 aromatic heterocycles. The van der Waals surface area contributed by atoms with Crippen molar-refractivity contribution in [3.05, 3.63) is 168 Å². The Morgan fingerprint density at radius 2 is 1.52 bits per heavy atom. The van der Waals surface area contributed by atoms with Crippen LogP contribution >= 0.6 is 0 Å². The lowest BCUT2D eigenvalue weighted by atomic mass is 9.83. The van der Waals surface area contributed by atoms with Gasteiger partial charge < -0.3 is 0 Å². The van der Waals surface area contributed by atoms with Crippen LogP contribution in [0.25, 0.3) is 0 Å². The molecule has 0 bridgehead atoms. The summed E-state index contributed by atoms with van der Waals surface area (Å²) in [4.78, 5) is 54.4. The Hall–Kier alpha value is -5.98. The minimum absolute atomic E-state index is 0.00399. The number of hydrogen-bond acceptors (Lipinski definition) is 6. The highest BCUT2D eigenvalue weighted by molar-refractivity contribution is 6.08. The normalized spacial score (nSPS) is 14.1. The zero-order chi connectivity index (χ0) is 36.9. The van der Waals surface area contributed by atoms with E-state index in [-0.39, 0.29) is 36.0 Å². The fourth-order valence-electron chi connectivity index (χ4n) is 5.27. The summed E-state index contributed by atoms with van der Waals surface area (Å²) < 4.78 is 0. The lowest BCUT2D eigenvalue weighted by Crippen LogP contribution is -2.23. The summed E-state index contributed by atoms with van der Waals surface area (Å²) in [7, 11) is 0. The van der Waals surface area contributed by atoms with Crippen molar-refractivity contribution in [3.63, 3.8) is 0 Å². The summed E-state index contributed by atoms with van der Waals surface area (Å²) in [6.07, 6.45) is 18.8. The Kier molecular flexibility index (Phi) is 17.5. The van der Waals surface area contributed by atoms with E-state index in [1.54, 1.807) is 124 Å². The van der Waals surface area contributed by atoms with Gasteiger partial charge in [-0.2, -0.15) is 10.5 Å². The molecule has 2 aromatic rings. The summed E-state index contributed by atoms with van der Waals surface area (Å²) in [5.74, 6) is -2.98. The van der Waals surface area contributed by atoms with Gasteiger partial charge >= 0.3 is 0 Å². The van der Waals surface area contributed by atoms with Gasteiger partial charge in [0.1, 0.15) is 5.78 Å². The van der Waals surface area contributed by atoms with Crippen molar-refractivity contribution in [1.82, 2.24) is 0 Å². The highest BCUT2D eigenvalue weighted by Gasteiger charge is 2.28. The molecule has 3 atom stereocenters. The summed E-state index contributed by atoms with van der Waals surface area (Å²) in [5, 5.41) is 18.6. The average molecular weight is 665 g/mol. The van der Waals surface area contributed by atoms with Crippen molar-refractivity contribution in [2.45, 2.75) is 52.4 Å². The molecule has 0 saturated carbocycles. The third-order valence-electron chi connectivity index (χ3n) is 8.04. The number of hydrogen-bond donors (Lipinski definition) is 0. The van der Waals surface area contributed by atoms with E-state index in [4.69, 9.17) is 0 Å². The van der Waals surface area contributed by atoms with Crippen LogP contribution < -0.4 is 0 Å². The van der Waals surface area contributed by atoms with Gasteiger partial charge in [0.05, 0.1) is 23.6 Å². The molecule has 0 aliphatic rings. The molecule has 3 unspecified atom stereocenters. The van der Waals surface area contributed by atoms with Crippen molar-refractivity contribution < 1.29 is 19.2 Å². The third-order valence-corrected chi connectivity index (χ3v) is 8.04. The first kappa shape index (κ1) is 40.2. The molecule has 0 heterocycles. The minimum Gasteiger partial charge on any atom is -0.299 e. The fourth-order valence-corrected chi connectivity index (χ4v) is 5.27. The van der Waals surface area contributed by atoms with Crippen molar-refractivity contribution in [1.29, 1.82) is 10.5 Å². The van der Waals surface area contributed by atoms with Crippen LogP contribution in [0.5, 0.6) is 0 Å². The molecule has 0 saturated heterocycles. The van der Waals surface area contributed by atoms with E-state index in [2.05, 4.69) is 25.3 Å². The van der Waals surface area contributed by atoms with Crippen LogP contribution in [-0.4, -0.2) is 23.1 Å². The molecule has 0 fully saturated rings. The molecule has 0 aliphatic carbocycles. The van der Waals surface area contributed by atoms with Crippen molar-refractivity contribution in [2.75, 3.05) is 0 Å². The lowest BCUT2D eigenvalue weighted by Gasteiger charge is -2.18. The molecule has 254 valence electrons. The number of nitrogens with zero attached hydrogens (tertiary/aromatic N) is 2. The van der Waals surface area contributed by atoms with Gasteiger partial charge in [0, 0.05) is 53.4 Å². The second-order valence-corrected chi connectivity index (χ2v) is 11.6. The Balaban J connectivity index is 2.38. The number of Topliss-reactive ketones (excluding diaryl/α,β-unsaturated/α-hetero) is 4. The molecular formula is C44H44N2O4. The number of nitriles is 2. The second kappa shape index (κ2) is 21.8. The predicted molar refractivity (Wildman–Crippen MR) is 200 cm³/mol. The van der Waals surface area contributed by atoms with Crippen LogP contribution in [0, 0.1) is 34.5 Å². The molecule has 2 aromatic carbocycles. The van der Waals surface area contributed by atoms with Gasteiger partial charge in [-0.05, 0) is 44.0 Å². The molecule has 0 spiro atoms. The summed E-state index contributed by atoms with van der Waals surface area (Å²) >= 11 is 0. The van der Waals surface area contributed by atoms with Crippen LogP contribution in [0.3, 0.4) is 0 Å². The lowest BCUT2D eigenvalue weighted by molar-refractivity contribution is -0.125. The third kappa shape index (κ3) is 12.6. The molecule has 0 amide bonds. The monoisotopic (exact) mass is 664 g/mol. The molecular weight excluding hydrogens is 620 g/mol. The number of carbonyl (C=O) groups excluding carboxylic acids is 4. The van der Waals surface area contributed by atoms with Gasteiger partial charge in [-0.15, -0.1) is 0 Å². The van der Waals surface area contributed by atoms with E-state index in [1.165, 1.54) is 6.08 Å². The predicted octanol–water partition coefficient (Wildman–Crippen LogP) is 9.43. The number of carbonyl (C=O) groups is 4. The summed E-state index contributed by atoms with van der Waals surface area (Å²) in [6, 6.07) is 19.6. The van der Waals surface area contributed by atoms with E-state index in [0.717, 1.165) is 0 Å². The van der Waals surface area contributed by atoms with Crippen LogP contribution in [0.1, 0.15) is 73.9 Å². The van der Waals surface area contributed by atoms with E-state index < -0.39 is 17.8 Å². The topological polar surface area (TPSA) is 116 Å². The zero-order valence-corrected chi connectivity index (χ0v) is 29.0. The van der Waals surface area contributed by atoms with Crippen LogP contribution in [0.2, 0.25) is 0 Å². The summed E-state index contributed by atoms with van der Waals surface area (Å²) in [6.45, 7) is 12.5. The minimum atomic E-state index is -0.842. The SMILES string of the molecule is C=C/C=C(/C#N)C/C=C\CC(CC(=O)c1ccccc1)C(=O)C(C)/C=C\C(=C/C)C(=O)C(CC(=O)C(/C=C\C)=C/C=C)c1ccc(C#N)cc1. The van der Waals surface area contributed by atoms with Gasteiger partial charge in [-0.25, -0.2) is 0 Å². The Labute approximate surface area is 296 Å². The number of benzene rings is 2. The van der Waals surface area contributed by atoms with Crippen LogP contribution in [-0.2, 0) is 14.4 Å². The maximum absolute atomic E-state index is 14.1. The number of rotatable bonds is 20. The highest BCUT2D eigenvalue weighted by Crippen LogP contribution is 2.28. The molecule has 2 rings (SSSR count). The van der Waals surface area contributed by atoms with Crippen molar-refractivity contribution >= 4 is 23.1 Å². The van der Waals surface area contributed by atoms with Gasteiger partial charge in [0.15, 0.2) is 17.3 Å². The Morgan fingerprint density at radius 3 is 2.10 bits per heavy atom. The van der Waals surface area contributed by atoms with Crippen molar-refractivity contribution in [3.8, 4) is 12.1 Å². The summed E-state index contributed by atoms with van der Waals surface area (Å²) in [5.41, 5.74) is 2.80. The van der Waals surface area contributed by atoms with E-state index >= 15 is 0 Å². The fraction of sp³-hybridized carbons (Fsp3) is 0.227. The zero-order valence-electron chi connectivity index (χ0n) is 29.0. The number of allylic oxidation sites excluding steroid dienone is 14. The van der Waals surface area contributed by atoms with Crippen LogP contribution in [0.15, 0.2) is 151 Å². The van der Waals surface area contributed by atoms with E-state index in [0.29, 0.717) is 46.3 Å². The van der Waals surface area contributed by atoms with Gasteiger partial charge in [-0.1, -0.05) is 123 Å². The van der Waals surface area contributed by atoms with E-state index in [9.17, 15) is 29.7 Å². The quantitative estimate of drug-likeness (QED) is 0.0458. The van der Waals surface area contributed by atoms with Crippen molar-refractivity contribution in [2.24, 2.45) is 11.8 Å². The maximum atomic E-state index is 14.1. The second-order valence-electron chi connectivity index (χ2n) is 11.6. The van der Waals surface area contributed by atoms with Gasteiger partial charge in [0.25, 0.3) is 0 Å². The molecule has 6 nitrogen and oxygen atoms in total. The largest absolute Gasteiger partial charge is 0.299 e. The average Bonchev–Trinajstić information content (AvgIpc) is 3.14. The first-order valence-corrected chi connectivity index (χ1v) is 16.5. The molecule has 50 heavy (non-hydrogen) atoms. The highest BCUT2D eigenvalue weighted by atomic mass is 16.1. The molecule has 0 N–H and O–H groups in total. The Morgan fingerprint density at radius 1 is 0.840 bits per heavy atom. The Bertz CT molecular complexity index is 1800. The van der Waals surface area contributed by atoms with Gasteiger partial charge in [0.2, 0.25) is 0 Å². The maximum Gasteiger partial charge on any atom is 0.170 e. The first-order chi connectivity index (χ1) is 24.1. The molecule has 0 aliphatic heterocycles. The first-order valence-electron chi connectivity index (χ1n) is 16.5. The smallest absolute Gasteiger partial charge is 0.170 e. The molecule has 0 radical (unpaired) electrons. The van der Waals surface area contributed by atoms with Gasteiger partial charge in [-0.3, -0.25) is 19.2 Å². The number of ketones is 4. The van der Waals surface area contributed by atoms with Crippen LogP contribution in [0.4, 0.5) is 0 Å².